The van der Waals surface area contributed by atoms with E-state index in [1.807, 2.05) is 13.8 Å². The number of carbonyl (C=O) groups excluding carboxylic acids is 1. The Morgan fingerprint density at radius 1 is 1.26 bits per heavy atom. The van der Waals surface area contributed by atoms with Crippen LogP contribution in [0.4, 0.5) is 5.69 Å². The van der Waals surface area contributed by atoms with E-state index in [1.165, 1.54) is 4.31 Å². The second kappa shape index (κ2) is 5.33. The first-order valence-electron chi connectivity index (χ1n) is 6.54. The van der Waals surface area contributed by atoms with E-state index in [2.05, 4.69) is 0 Å². The van der Waals surface area contributed by atoms with E-state index in [0.29, 0.717) is 23.6 Å². The molecule has 1 aromatic carbocycles. The summed E-state index contributed by atoms with van der Waals surface area (Å²) in [5.74, 6) is 0.495. The fraction of sp³-hybridized carbons (Fsp3) is 0.500. The number of fused-ring (bicyclic) bond motifs is 1. The zero-order chi connectivity index (χ0) is 14.0. The predicted octanol–water partition coefficient (Wildman–Crippen LogP) is 2.46. The highest BCUT2D eigenvalue weighted by atomic mass is 32.2. The minimum atomic E-state index is -3.33. The minimum absolute atomic E-state index is 0.0194. The molecule has 0 N–H and O–H groups in total. The second-order valence-corrected chi connectivity index (χ2v) is 7.27. The first-order chi connectivity index (χ1) is 8.92. The third-order valence-corrected chi connectivity index (χ3v) is 5.11. The molecule has 19 heavy (non-hydrogen) atoms. The lowest BCUT2D eigenvalue weighted by atomic mass is 10.0. The van der Waals surface area contributed by atoms with Crippen LogP contribution >= 0.6 is 0 Å². The van der Waals surface area contributed by atoms with Crippen LogP contribution in [-0.2, 0) is 10.0 Å². The maximum atomic E-state index is 12.4. The Bertz CT molecular complexity index is 578. The van der Waals surface area contributed by atoms with E-state index in [9.17, 15) is 13.2 Å². The molecule has 1 aliphatic rings. The standard InChI is InChI=1S/C14H19NO3S/c1-11(2)8-10-19(17,18)15-9-7-14(16)12-5-3-4-6-13(12)15/h3-6,11H,7-10H2,1-2H3. The number of sulfonamides is 1. The smallest absolute Gasteiger partial charge is 0.235 e. The third-order valence-electron chi connectivity index (χ3n) is 3.30. The molecule has 0 bridgehead atoms. The van der Waals surface area contributed by atoms with Crippen LogP contribution in [0.5, 0.6) is 0 Å². The van der Waals surface area contributed by atoms with Crippen LogP contribution in [0.1, 0.15) is 37.0 Å². The SMILES string of the molecule is CC(C)CCS(=O)(=O)N1CCC(=O)c2ccccc21. The number of nitrogens with zero attached hydrogens (tertiary/aromatic N) is 1. The summed E-state index contributed by atoms with van der Waals surface area (Å²) in [6, 6.07) is 6.93. The fourth-order valence-electron chi connectivity index (χ4n) is 2.17. The van der Waals surface area contributed by atoms with Crippen molar-refractivity contribution >= 4 is 21.5 Å². The molecule has 0 unspecified atom stereocenters. The summed E-state index contributed by atoms with van der Waals surface area (Å²) in [5, 5.41) is 0. The maximum Gasteiger partial charge on any atom is 0.235 e. The molecular formula is C14H19NO3S. The van der Waals surface area contributed by atoms with Crippen molar-refractivity contribution in [2.24, 2.45) is 5.92 Å². The summed E-state index contributed by atoms with van der Waals surface area (Å²) in [7, 11) is -3.33. The number of anilines is 1. The summed E-state index contributed by atoms with van der Waals surface area (Å²) in [5.41, 5.74) is 1.05. The molecule has 1 heterocycles. The molecule has 0 atom stereocenters. The fourth-order valence-corrected chi connectivity index (χ4v) is 3.99. The van der Waals surface area contributed by atoms with Crippen molar-refractivity contribution < 1.29 is 13.2 Å². The largest absolute Gasteiger partial charge is 0.294 e. The van der Waals surface area contributed by atoms with Crippen molar-refractivity contribution in [3.05, 3.63) is 29.8 Å². The molecule has 0 aliphatic carbocycles. The van der Waals surface area contributed by atoms with Gasteiger partial charge in [-0.25, -0.2) is 8.42 Å². The number of ketones is 1. The Labute approximate surface area is 114 Å². The molecule has 0 saturated carbocycles. The van der Waals surface area contributed by atoms with Gasteiger partial charge in [-0.15, -0.1) is 0 Å². The number of para-hydroxylation sites is 1. The highest BCUT2D eigenvalue weighted by molar-refractivity contribution is 7.92. The molecule has 1 aromatic rings. The van der Waals surface area contributed by atoms with Gasteiger partial charge in [0.2, 0.25) is 10.0 Å². The first-order valence-corrected chi connectivity index (χ1v) is 8.15. The topological polar surface area (TPSA) is 54.5 Å². The molecule has 104 valence electrons. The highest BCUT2D eigenvalue weighted by Gasteiger charge is 2.30. The molecule has 0 fully saturated rings. The van der Waals surface area contributed by atoms with Gasteiger partial charge in [-0.2, -0.15) is 0 Å². The zero-order valence-corrected chi connectivity index (χ0v) is 12.1. The van der Waals surface area contributed by atoms with Crippen molar-refractivity contribution in [1.82, 2.24) is 0 Å². The molecule has 0 amide bonds. The Morgan fingerprint density at radius 2 is 1.95 bits per heavy atom. The molecule has 0 aromatic heterocycles. The van der Waals surface area contributed by atoms with Crippen LogP contribution in [0.25, 0.3) is 0 Å². The van der Waals surface area contributed by atoms with E-state index in [1.54, 1.807) is 24.3 Å². The lowest BCUT2D eigenvalue weighted by molar-refractivity contribution is 0.0982. The van der Waals surface area contributed by atoms with E-state index in [4.69, 9.17) is 0 Å². The Balaban J connectivity index is 2.32. The summed E-state index contributed by atoms with van der Waals surface area (Å²) < 4.78 is 26.1. The van der Waals surface area contributed by atoms with Crippen LogP contribution in [-0.4, -0.2) is 26.5 Å². The van der Waals surface area contributed by atoms with E-state index in [-0.39, 0.29) is 24.5 Å². The van der Waals surface area contributed by atoms with Gasteiger partial charge in [-0.05, 0) is 24.5 Å². The Hall–Kier alpha value is -1.36. The quantitative estimate of drug-likeness (QED) is 0.852. The van der Waals surface area contributed by atoms with Gasteiger partial charge < -0.3 is 0 Å². The van der Waals surface area contributed by atoms with Crippen LogP contribution in [0.15, 0.2) is 24.3 Å². The lowest BCUT2D eigenvalue weighted by Crippen LogP contribution is -2.39. The van der Waals surface area contributed by atoms with Gasteiger partial charge in [0.15, 0.2) is 5.78 Å². The van der Waals surface area contributed by atoms with Crippen molar-refractivity contribution in [3.8, 4) is 0 Å². The average Bonchev–Trinajstić information content (AvgIpc) is 2.37. The minimum Gasteiger partial charge on any atom is -0.294 e. The third kappa shape index (κ3) is 2.97. The molecule has 5 heteroatoms. The average molecular weight is 281 g/mol. The van der Waals surface area contributed by atoms with Crippen LogP contribution in [0, 0.1) is 5.92 Å². The van der Waals surface area contributed by atoms with Crippen LogP contribution in [0.3, 0.4) is 0 Å². The van der Waals surface area contributed by atoms with Gasteiger partial charge >= 0.3 is 0 Å². The molecule has 2 rings (SSSR count). The lowest BCUT2D eigenvalue weighted by Gasteiger charge is -2.29. The Kier molecular flexibility index (Phi) is 3.94. The van der Waals surface area contributed by atoms with Crippen molar-refractivity contribution in [1.29, 1.82) is 0 Å². The van der Waals surface area contributed by atoms with Gasteiger partial charge in [-0.1, -0.05) is 26.0 Å². The molecule has 0 radical (unpaired) electrons. The number of carbonyl (C=O) groups is 1. The van der Waals surface area contributed by atoms with Gasteiger partial charge in [0.05, 0.1) is 11.4 Å². The number of hydrogen-bond donors (Lipinski definition) is 0. The Morgan fingerprint density at radius 3 is 2.63 bits per heavy atom. The van der Waals surface area contributed by atoms with Gasteiger partial charge in [0.25, 0.3) is 0 Å². The molecule has 4 nitrogen and oxygen atoms in total. The summed E-state index contributed by atoms with van der Waals surface area (Å²) in [4.78, 5) is 11.8. The number of benzene rings is 1. The molecular weight excluding hydrogens is 262 g/mol. The van der Waals surface area contributed by atoms with Gasteiger partial charge in [0.1, 0.15) is 0 Å². The van der Waals surface area contributed by atoms with Crippen LogP contribution < -0.4 is 4.31 Å². The van der Waals surface area contributed by atoms with Crippen molar-refractivity contribution in [3.63, 3.8) is 0 Å². The normalized spacial score (nSPS) is 15.7. The van der Waals surface area contributed by atoms with Crippen LogP contribution in [0.2, 0.25) is 0 Å². The summed E-state index contributed by atoms with van der Waals surface area (Å²) in [6.07, 6.45) is 0.896. The van der Waals surface area contributed by atoms with E-state index in [0.717, 1.165) is 0 Å². The predicted molar refractivity (Wildman–Crippen MR) is 76.0 cm³/mol. The monoisotopic (exact) mass is 281 g/mol. The second-order valence-electron chi connectivity index (χ2n) is 5.26. The van der Waals surface area contributed by atoms with Crippen molar-refractivity contribution in [2.45, 2.75) is 26.7 Å². The number of Topliss-reactive ketones (excluding diaryl/α,β-unsaturated/α-hetero) is 1. The summed E-state index contributed by atoms with van der Waals surface area (Å²) >= 11 is 0. The van der Waals surface area contributed by atoms with Gasteiger partial charge in [0, 0.05) is 18.5 Å². The van der Waals surface area contributed by atoms with Crippen molar-refractivity contribution in [2.75, 3.05) is 16.6 Å². The number of hydrogen-bond acceptors (Lipinski definition) is 3. The number of rotatable bonds is 4. The maximum absolute atomic E-state index is 12.4. The highest BCUT2D eigenvalue weighted by Crippen LogP contribution is 2.29. The van der Waals surface area contributed by atoms with E-state index >= 15 is 0 Å². The molecule has 0 spiro atoms. The van der Waals surface area contributed by atoms with Gasteiger partial charge in [-0.3, -0.25) is 9.10 Å². The molecule has 1 aliphatic heterocycles. The summed E-state index contributed by atoms with van der Waals surface area (Å²) in [6.45, 7) is 4.27. The van der Waals surface area contributed by atoms with E-state index < -0.39 is 10.0 Å². The molecule has 0 saturated heterocycles. The first kappa shape index (κ1) is 14.1. The zero-order valence-electron chi connectivity index (χ0n) is 11.3.